The van der Waals surface area contributed by atoms with Crippen molar-refractivity contribution in [2.45, 2.75) is 20.3 Å². The molecule has 3 rings (SSSR count). The first-order valence-electron chi connectivity index (χ1n) is 9.04. The van der Waals surface area contributed by atoms with Crippen LogP contribution in [0.5, 0.6) is 11.5 Å². The number of thioether (sulfide) groups is 1. The van der Waals surface area contributed by atoms with E-state index in [0.29, 0.717) is 39.8 Å². The fourth-order valence-corrected chi connectivity index (χ4v) is 3.65. The van der Waals surface area contributed by atoms with Gasteiger partial charge in [0.1, 0.15) is 0 Å². The van der Waals surface area contributed by atoms with Crippen molar-refractivity contribution in [2.75, 3.05) is 13.2 Å². The summed E-state index contributed by atoms with van der Waals surface area (Å²) in [7, 11) is 0. The standard InChI is InChI=1S/C21H21ClN2O3S/c1-3-10-27-19-16(22)11-14(12-17(19)26-4-2)13-18-20(25)24-21(28-18)23-15-8-6-5-7-9-15/h5-9,11-13H,3-4,10H2,1-2H3,(H,23,24,25)/b18-13-. The van der Waals surface area contributed by atoms with Gasteiger partial charge in [-0.3, -0.25) is 4.79 Å². The Bertz CT molecular complexity index is 913. The molecule has 1 aliphatic rings. The van der Waals surface area contributed by atoms with Gasteiger partial charge in [0, 0.05) is 0 Å². The topological polar surface area (TPSA) is 59.9 Å². The number of nitrogens with zero attached hydrogens (tertiary/aromatic N) is 1. The highest BCUT2D eigenvalue weighted by Crippen LogP contribution is 2.38. The maximum Gasteiger partial charge on any atom is 0.264 e. The van der Waals surface area contributed by atoms with Crippen molar-refractivity contribution in [3.8, 4) is 11.5 Å². The number of hydrogen-bond acceptors (Lipinski definition) is 5. The average Bonchev–Trinajstić information content (AvgIpc) is 3.01. The highest BCUT2D eigenvalue weighted by molar-refractivity contribution is 8.18. The molecule has 1 amide bonds. The second-order valence-electron chi connectivity index (χ2n) is 5.93. The van der Waals surface area contributed by atoms with Gasteiger partial charge in [-0.1, -0.05) is 36.7 Å². The summed E-state index contributed by atoms with van der Waals surface area (Å²) in [6.45, 7) is 4.96. The Hall–Kier alpha value is -2.44. The van der Waals surface area contributed by atoms with Crippen LogP contribution in [0.2, 0.25) is 5.02 Å². The predicted octanol–water partition coefficient (Wildman–Crippen LogP) is 5.42. The summed E-state index contributed by atoms with van der Waals surface area (Å²) >= 11 is 7.69. The number of ether oxygens (including phenoxy) is 2. The molecule has 1 heterocycles. The van der Waals surface area contributed by atoms with Gasteiger partial charge >= 0.3 is 0 Å². The molecule has 0 radical (unpaired) electrons. The highest BCUT2D eigenvalue weighted by atomic mass is 35.5. The first-order chi connectivity index (χ1) is 13.6. The number of carbonyl (C=O) groups excluding carboxylic acids is 1. The van der Waals surface area contributed by atoms with E-state index in [4.69, 9.17) is 21.1 Å². The minimum atomic E-state index is -0.194. The molecule has 0 atom stereocenters. The Morgan fingerprint density at radius 1 is 1.18 bits per heavy atom. The molecule has 2 aromatic rings. The normalized spacial score (nSPS) is 16.5. The number of aliphatic imine (C=N–C) groups is 1. The average molecular weight is 417 g/mol. The van der Waals surface area contributed by atoms with Crippen molar-refractivity contribution in [3.63, 3.8) is 0 Å². The smallest absolute Gasteiger partial charge is 0.264 e. The lowest BCUT2D eigenvalue weighted by atomic mass is 10.2. The molecule has 1 fully saturated rings. The molecular formula is C21H21ClN2O3S. The lowest BCUT2D eigenvalue weighted by Crippen LogP contribution is -2.19. The lowest BCUT2D eigenvalue weighted by molar-refractivity contribution is -0.115. The number of benzene rings is 2. The van der Waals surface area contributed by atoms with E-state index in [0.717, 1.165) is 17.7 Å². The zero-order valence-corrected chi connectivity index (χ0v) is 17.3. The monoisotopic (exact) mass is 416 g/mol. The third-order valence-electron chi connectivity index (χ3n) is 3.72. The third kappa shape index (κ3) is 5.09. The van der Waals surface area contributed by atoms with Crippen LogP contribution in [0.1, 0.15) is 25.8 Å². The lowest BCUT2D eigenvalue weighted by Gasteiger charge is -2.14. The van der Waals surface area contributed by atoms with Gasteiger partial charge in [0.05, 0.1) is 28.8 Å². The summed E-state index contributed by atoms with van der Waals surface area (Å²) in [5.41, 5.74) is 1.54. The van der Waals surface area contributed by atoms with Crippen LogP contribution in [-0.4, -0.2) is 24.3 Å². The molecule has 1 saturated heterocycles. The highest BCUT2D eigenvalue weighted by Gasteiger charge is 2.24. The van der Waals surface area contributed by atoms with Crippen LogP contribution in [0.25, 0.3) is 6.08 Å². The number of amidine groups is 1. The molecule has 1 N–H and O–H groups in total. The van der Waals surface area contributed by atoms with Crippen molar-refractivity contribution < 1.29 is 14.3 Å². The van der Waals surface area contributed by atoms with Crippen molar-refractivity contribution in [2.24, 2.45) is 4.99 Å². The zero-order chi connectivity index (χ0) is 19.9. The Balaban J connectivity index is 1.86. The van der Waals surface area contributed by atoms with Crippen LogP contribution in [0.3, 0.4) is 0 Å². The van der Waals surface area contributed by atoms with E-state index < -0.39 is 0 Å². The van der Waals surface area contributed by atoms with Crippen LogP contribution in [-0.2, 0) is 4.79 Å². The largest absolute Gasteiger partial charge is 0.490 e. The summed E-state index contributed by atoms with van der Waals surface area (Å²) < 4.78 is 11.4. The Kier molecular flexibility index (Phi) is 7.01. The number of para-hydroxylation sites is 1. The summed E-state index contributed by atoms with van der Waals surface area (Å²) in [4.78, 5) is 17.3. The van der Waals surface area contributed by atoms with Crippen molar-refractivity contribution in [1.82, 2.24) is 5.32 Å². The number of rotatable bonds is 7. The molecule has 2 aromatic carbocycles. The van der Waals surface area contributed by atoms with Gasteiger partial charge in [-0.15, -0.1) is 0 Å². The summed E-state index contributed by atoms with van der Waals surface area (Å²) in [6, 6.07) is 13.1. The fourth-order valence-electron chi connectivity index (χ4n) is 2.53. The Labute approximate surface area is 173 Å². The molecule has 0 spiro atoms. The van der Waals surface area contributed by atoms with Crippen molar-refractivity contribution in [3.05, 3.63) is 58.0 Å². The number of hydrogen-bond donors (Lipinski definition) is 1. The molecule has 0 aromatic heterocycles. The molecule has 0 aliphatic carbocycles. The van der Waals surface area contributed by atoms with Crippen molar-refractivity contribution in [1.29, 1.82) is 0 Å². The molecule has 28 heavy (non-hydrogen) atoms. The summed E-state index contributed by atoms with van der Waals surface area (Å²) in [5, 5.41) is 3.78. The van der Waals surface area contributed by atoms with E-state index in [9.17, 15) is 4.79 Å². The van der Waals surface area contributed by atoms with Gasteiger partial charge in [0.15, 0.2) is 16.7 Å². The van der Waals surface area contributed by atoms with Gasteiger partial charge in [0.2, 0.25) is 0 Å². The SMILES string of the molecule is CCCOc1c(Cl)cc(/C=C2\SC(=Nc3ccccc3)NC2=O)cc1OCC. The van der Waals surface area contributed by atoms with Gasteiger partial charge in [-0.05, 0) is 61.0 Å². The molecule has 7 heteroatoms. The van der Waals surface area contributed by atoms with E-state index in [1.165, 1.54) is 11.8 Å². The van der Waals surface area contributed by atoms with E-state index in [1.807, 2.05) is 50.2 Å². The first-order valence-corrected chi connectivity index (χ1v) is 10.2. The predicted molar refractivity (Wildman–Crippen MR) is 116 cm³/mol. The fraction of sp³-hybridized carbons (Fsp3) is 0.238. The number of nitrogens with one attached hydrogen (secondary N) is 1. The molecule has 0 saturated carbocycles. The molecular weight excluding hydrogens is 396 g/mol. The van der Waals surface area contributed by atoms with Crippen molar-refractivity contribution >= 4 is 46.2 Å². The minimum absolute atomic E-state index is 0.194. The second-order valence-corrected chi connectivity index (χ2v) is 7.37. The molecule has 0 unspecified atom stereocenters. The minimum Gasteiger partial charge on any atom is -0.490 e. The molecule has 0 bridgehead atoms. The maximum absolute atomic E-state index is 12.3. The van der Waals surface area contributed by atoms with Gasteiger partial charge in [-0.25, -0.2) is 4.99 Å². The summed E-state index contributed by atoms with van der Waals surface area (Å²) in [6.07, 6.45) is 2.64. The molecule has 146 valence electrons. The van der Waals surface area contributed by atoms with Crippen LogP contribution in [0, 0.1) is 0 Å². The van der Waals surface area contributed by atoms with E-state index in [-0.39, 0.29) is 5.91 Å². The summed E-state index contributed by atoms with van der Waals surface area (Å²) in [5.74, 6) is 0.902. The molecule has 1 aliphatic heterocycles. The van der Waals surface area contributed by atoms with Gasteiger partial charge < -0.3 is 14.8 Å². The third-order valence-corrected chi connectivity index (χ3v) is 4.91. The van der Waals surface area contributed by atoms with E-state index in [2.05, 4.69) is 10.3 Å². The van der Waals surface area contributed by atoms with Gasteiger partial charge in [0.25, 0.3) is 5.91 Å². The van der Waals surface area contributed by atoms with Crippen LogP contribution in [0.15, 0.2) is 52.4 Å². The first kappa shape index (κ1) is 20.3. The van der Waals surface area contributed by atoms with E-state index >= 15 is 0 Å². The van der Waals surface area contributed by atoms with Crippen LogP contribution in [0.4, 0.5) is 5.69 Å². The molecule has 5 nitrogen and oxygen atoms in total. The van der Waals surface area contributed by atoms with E-state index in [1.54, 1.807) is 12.1 Å². The second kappa shape index (κ2) is 9.66. The number of carbonyl (C=O) groups is 1. The van der Waals surface area contributed by atoms with Crippen LogP contribution < -0.4 is 14.8 Å². The quantitative estimate of drug-likeness (QED) is 0.612. The van der Waals surface area contributed by atoms with Gasteiger partial charge in [-0.2, -0.15) is 0 Å². The van der Waals surface area contributed by atoms with Crippen LogP contribution >= 0.6 is 23.4 Å². The number of amides is 1. The number of halogens is 1. The maximum atomic E-state index is 12.3. The zero-order valence-electron chi connectivity index (χ0n) is 15.7. The Morgan fingerprint density at radius 3 is 2.68 bits per heavy atom. The Morgan fingerprint density at radius 2 is 1.96 bits per heavy atom.